The maximum Gasteiger partial charge on any atom is 0.0752 e. The number of nitrogens with zero attached hydrogens (tertiary/aromatic N) is 2. The number of aromatic nitrogens is 2. The van der Waals surface area contributed by atoms with Crippen LogP contribution in [0.2, 0.25) is 0 Å². The summed E-state index contributed by atoms with van der Waals surface area (Å²) >= 11 is 0. The van der Waals surface area contributed by atoms with Crippen LogP contribution in [0.15, 0.2) is 6.07 Å². The molecule has 0 saturated carbocycles. The average molecular weight is 223 g/mol. The second-order valence-corrected chi connectivity index (χ2v) is 5.04. The molecule has 1 saturated heterocycles. The normalized spacial score (nSPS) is 30.6. The van der Waals surface area contributed by atoms with E-state index in [1.807, 2.05) is 18.7 Å². The standard InChI is InChI=1S/C12H21N3O/c1-9-8-13-5-4-12(9,16)7-11-6-10(2)14-15(11)3/h6,9,13,16H,4-5,7-8H2,1-3H3. The molecule has 2 heterocycles. The minimum atomic E-state index is -0.578. The smallest absolute Gasteiger partial charge is 0.0752 e. The summed E-state index contributed by atoms with van der Waals surface area (Å²) in [6, 6.07) is 2.06. The lowest BCUT2D eigenvalue weighted by molar-refractivity contribution is -0.0343. The largest absolute Gasteiger partial charge is 0.389 e. The van der Waals surface area contributed by atoms with E-state index in [1.54, 1.807) is 0 Å². The van der Waals surface area contributed by atoms with Gasteiger partial charge in [0.15, 0.2) is 0 Å². The van der Waals surface area contributed by atoms with Crippen molar-refractivity contribution in [3.63, 3.8) is 0 Å². The topological polar surface area (TPSA) is 50.1 Å². The molecule has 1 aliphatic heterocycles. The van der Waals surface area contributed by atoms with Gasteiger partial charge in [-0.25, -0.2) is 0 Å². The van der Waals surface area contributed by atoms with Crippen molar-refractivity contribution in [1.29, 1.82) is 0 Å². The van der Waals surface area contributed by atoms with Gasteiger partial charge in [-0.3, -0.25) is 4.68 Å². The third-order valence-corrected chi connectivity index (χ3v) is 3.69. The molecule has 0 amide bonds. The van der Waals surface area contributed by atoms with Crippen LogP contribution in [-0.4, -0.2) is 33.6 Å². The van der Waals surface area contributed by atoms with E-state index in [9.17, 15) is 5.11 Å². The van der Waals surface area contributed by atoms with E-state index in [2.05, 4.69) is 23.4 Å². The Kier molecular flexibility index (Phi) is 3.04. The summed E-state index contributed by atoms with van der Waals surface area (Å²) in [6.45, 7) is 5.89. The molecule has 4 nitrogen and oxygen atoms in total. The van der Waals surface area contributed by atoms with Gasteiger partial charge in [0.2, 0.25) is 0 Å². The molecule has 2 unspecified atom stereocenters. The fourth-order valence-corrected chi connectivity index (χ4v) is 2.47. The van der Waals surface area contributed by atoms with Crippen LogP contribution in [0.25, 0.3) is 0 Å². The quantitative estimate of drug-likeness (QED) is 0.773. The summed E-state index contributed by atoms with van der Waals surface area (Å²) in [7, 11) is 1.94. The van der Waals surface area contributed by atoms with E-state index in [0.29, 0.717) is 6.42 Å². The molecule has 0 bridgehead atoms. The summed E-state index contributed by atoms with van der Waals surface area (Å²) in [5, 5.41) is 18.3. The predicted molar refractivity (Wildman–Crippen MR) is 63.2 cm³/mol. The second kappa shape index (κ2) is 4.18. The van der Waals surface area contributed by atoms with Crippen LogP contribution in [0, 0.1) is 12.8 Å². The molecule has 1 fully saturated rings. The van der Waals surface area contributed by atoms with Crippen LogP contribution in [0.3, 0.4) is 0 Å². The number of rotatable bonds is 2. The zero-order valence-corrected chi connectivity index (χ0v) is 10.3. The van der Waals surface area contributed by atoms with Gasteiger partial charge >= 0.3 is 0 Å². The molecule has 1 aromatic heterocycles. The minimum absolute atomic E-state index is 0.288. The number of hydrogen-bond acceptors (Lipinski definition) is 3. The number of piperidine rings is 1. The third-order valence-electron chi connectivity index (χ3n) is 3.69. The van der Waals surface area contributed by atoms with E-state index in [-0.39, 0.29) is 5.92 Å². The number of aliphatic hydroxyl groups is 1. The van der Waals surface area contributed by atoms with Gasteiger partial charge in [0.05, 0.1) is 11.3 Å². The highest BCUT2D eigenvalue weighted by atomic mass is 16.3. The lowest BCUT2D eigenvalue weighted by Crippen LogP contribution is -2.50. The molecule has 2 N–H and O–H groups in total. The van der Waals surface area contributed by atoms with Crippen molar-refractivity contribution < 1.29 is 5.11 Å². The van der Waals surface area contributed by atoms with Crippen molar-refractivity contribution in [2.24, 2.45) is 13.0 Å². The number of hydrogen-bond donors (Lipinski definition) is 2. The molecule has 90 valence electrons. The van der Waals surface area contributed by atoms with Gasteiger partial charge < -0.3 is 10.4 Å². The molecular weight excluding hydrogens is 202 g/mol. The Balaban J connectivity index is 2.16. The highest BCUT2D eigenvalue weighted by Gasteiger charge is 2.36. The van der Waals surface area contributed by atoms with Crippen molar-refractivity contribution in [3.8, 4) is 0 Å². The SMILES string of the molecule is Cc1cc(CC2(O)CCNCC2C)n(C)n1. The van der Waals surface area contributed by atoms with Gasteiger partial charge in [0, 0.05) is 25.7 Å². The third kappa shape index (κ3) is 2.13. The first-order valence-electron chi connectivity index (χ1n) is 5.94. The predicted octanol–water partition coefficient (Wildman–Crippen LogP) is 0.632. The first-order chi connectivity index (χ1) is 7.51. The number of aryl methyl sites for hydroxylation is 2. The molecular formula is C12H21N3O. The van der Waals surface area contributed by atoms with Gasteiger partial charge in [0.1, 0.15) is 0 Å². The molecule has 1 aliphatic rings. The molecule has 0 aliphatic carbocycles. The monoisotopic (exact) mass is 223 g/mol. The van der Waals surface area contributed by atoms with E-state index >= 15 is 0 Å². The lowest BCUT2D eigenvalue weighted by atomic mass is 9.79. The van der Waals surface area contributed by atoms with Gasteiger partial charge in [0.25, 0.3) is 0 Å². The zero-order valence-electron chi connectivity index (χ0n) is 10.3. The van der Waals surface area contributed by atoms with Crippen molar-refractivity contribution in [2.45, 2.75) is 32.3 Å². The summed E-state index contributed by atoms with van der Waals surface area (Å²) in [5.74, 6) is 0.288. The molecule has 2 rings (SSSR count). The Labute approximate surface area is 96.7 Å². The van der Waals surface area contributed by atoms with Crippen LogP contribution in [0.1, 0.15) is 24.7 Å². The lowest BCUT2D eigenvalue weighted by Gasteiger charge is -2.38. The average Bonchev–Trinajstić information content (AvgIpc) is 2.50. The van der Waals surface area contributed by atoms with Crippen LogP contribution in [0.4, 0.5) is 0 Å². The van der Waals surface area contributed by atoms with E-state index in [4.69, 9.17) is 0 Å². The maximum absolute atomic E-state index is 10.6. The van der Waals surface area contributed by atoms with Gasteiger partial charge in [-0.15, -0.1) is 0 Å². The highest BCUT2D eigenvalue weighted by Crippen LogP contribution is 2.28. The molecule has 0 spiro atoms. The van der Waals surface area contributed by atoms with Crippen molar-refractivity contribution in [1.82, 2.24) is 15.1 Å². The maximum atomic E-state index is 10.6. The molecule has 2 atom stereocenters. The van der Waals surface area contributed by atoms with E-state index in [1.165, 1.54) is 0 Å². The molecule has 16 heavy (non-hydrogen) atoms. The van der Waals surface area contributed by atoms with Crippen LogP contribution in [-0.2, 0) is 13.5 Å². The Bertz CT molecular complexity index is 374. The van der Waals surface area contributed by atoms with Crippen molar-refractivity contribution in [3.05, 3.63) is 17.5 Å². The Morgan fingerprint density at radius 2 is 2.44 bits per heavy atom. The molecule has 0 aromatic carbocycles. The van der Waals surface area contributed by atoms with Crippen molar-refractivity contribution in [2.75, 3.05) is 13.1 Å². The fraction of sp³-hybridized carbons (Fsp3) is 0.750. The molecule has 1 aromatic rings. The molecule has 4 heteroatoms. The summed E-state index contributed by atoms with van der Waals surface area (Å²) in [4.78, 5) is 0. The zero-order chi connectivity index (χ0) is 11.8. The van der Waals surface area contributed by atoms with Crippen molar-refractivity contribution >= 4 is 0 Å². The Morgan fingerprint density at radius 3 is 3.00 bits per heavy atom. The Morgan fingerprint density at radius 1 is 1.69 bits per heavy atom. The molecule has 0 radical (unpaired) electrons. The van der Waals surface area contributed by atoms with Crippen LogP contribution in [0.5, 0.6) is 0 Å². The second-order valence-electron chi connectivity index (χ2n) is 5.04. The highest BCUT2D eigenvalue weighted by molar-refractivity contribution is 5.12. The Hall–Kier alpha value is -0.870. The van der Waals surface area contributed by atoms with Crippen LogP contribution < -0.4 is 5.32 Å². The van der Waals surface area contributed by atoms with Crippen LogP contribution >= 0.6 is 0 Å². The summed E-state index contributed by atoms with van der Waals surface area (Å²) in [5.41, 5.74) is 1.56. The first kappa shape index (κ1) is 11.6. The number of nitrogens with one attached hydrogen (secondary N) is 1. The first-order valence-corrected chi connectivity index (χ1v) is 5.94. The fourth-order valence-electron chi connectivity index (χ4n) is 2.47. The van der Waals surface area contributed by atoms with Gasteiger partial charge in [-0.1, -0.05) is 6.92 Å². The van der Waals surface area contributed by atoms with E-state index in [0.717, 1.165) is 30.9 Å². The minimum Gasteiger partial charge on any atom is -0.389 e. The van der Waals surface area contributed by atoms with E-state index < -0.39 is 5.60 Å². The summed E-state index contributed by atoms with van der Waals surface area (Å²) < 4.78 is 1.88. The van der Waals surface area contributed by atoms with Gasteiger partial charge in [-0.05, 0) is 31.9 Å². The summed E-state index contributed by atoms with van der Waals surface area (Å²) in [6.07, 6.45) is 1.52. The van der Waals surface area contributed by atoms with Gasteiger partial charge in [-0.2, -0.15) is 5.10 Å².